The summed E-state index contributed by atoms with van der Waals surface area (Å²) in [7, 11) is 0. The van der Waals surface area contributed by atoms with Gasteiger partial charge in [0.15, 0.2) is 0 Å². The van der Waals surface area contributed by atoms with E-state index in [1.165, 1.54) is 30.4 Å². The van der Waals surface area contributed by atoms with E-state index in [-0.39, 0.29) is 12.6 Å². The van der Waals surface area contributed by atoms with Crippen LogP contribution in [0.3, 0.4) is 0 Å². The molecule has 0 unspecified atom stereocenters. The number of benzene rings is 1. The van der Waals surface area contributed by atoms with Crippen LogP contribution in [0.25, 0.3) is 0 Å². The minimum Gasteiger partial charge on any atom is -0.480 e. The van der Waals surface area contributed by atoms with Crippen molar-refractivity contribution in [1.82, 2.24) is 4.90 Å². The Bertz CT molecular complexity index is 421. The zero-order valence-electron chi connectivity index (χ0n) is 11.8. The van der Waals surface area contributed by atoms with Gasteiger partial charge in [0.05, 0.1) is 6.54 Å². The van der Waals surface area contributed by atoms with E-state index in [1.54, 1.807) is 0 Å². The summed E-state index contributed by atoms with van der Waals surface area (Å²) in [5.74, 6) is -0.00550. The van der Waals surface area contributed by atoms with Crippen molar-refractivity contribution < 1.29 is 9.90 Å². The van der Waals surface area contributed by atoms with Gasteiger partial charge < -0.3 is 5.11 Å². The molecular formula is C16H23NO2. The molecule has 1 aliphatic rings. The van der Waals surface area contributed by atoms with E-state index in [0.29, 0.717) is 6.54 Å². The molecular weight excluding hydrogens is 238 g/mol. The standard InChI is InChI=1S/C16H23NO2/c1-12(2)17(11-16(18)19)10-13-6-8-15(9-7-13)14-4-3-5-14/h6-9,12,14H,3-5,10-11H2,1-2H3,(H,18,19). The van der Waals surface area contributed by atoms with Gasteiger partial charge >= 0.3 is 5.97 Å². The average Bonchev–Trinajstić information content (AvgIpc) is 2.27. The first-order chi connectivity index (χ1) is 9.06. The van der Waals surface area contributed by atoms with Crippen LogP contribution in [0.5, 0.6) is 0 Å². The van der Waals surface area contributed by atoms with Crippen LogP contribution in [-0.2, 0) is 11.3 Å². The van der Waals surface area contributed by atoms with Gasteiger partial charge in [0.1, 0.15) is 0 Å². The number of hydrogen-bond acceptors (Lipinski definition) is 2. The van der Waals surface area contributed by atoms with Gasteiger partial charge in [-0.25, -0.2) is 0 Å². The lowest BCUT2D eigenvalue weighted by molar-refractivity contribution is -0.138. The Morgan fingerprint density at radius 1 is 1.32 bits per heavy atom. The fraction of sp³-hybridized carbons (Fsp3) is 0.562. The predicted molar refractivity (Wildman–Crippen MR) is 76.2 cm³/mol. The SMILES string of the molecule is CC(C)N(CC(=O)O)Cc1ccc(C2CCC2)cc1. The lowest BCUT2D eigenvalue weighted by Gasteiger charge is -2.27. The molecule has 3 nitrogen and oxygen atoms in total. The Balaban J connectivity index is 1.98. The molecule has 0 aliphatic heterocycles. The second-order valence-corrected chi connectivity index (χ2v) is 5.76. The van der Waals surface area contributed by atoms with E-state index in [0.717, 1.165) is 5.92 Å². The number of carbonyl (C=O) groups is 1. The van der Waals surface area contributed by atoms with Gasteiger partial charge in [0.25, 0.3) is 0 Å². The minimum absolute atomic E-state index is 0.0992. The van der Waals surface area contributed by atoms with Crippen molar-refractivity contribution in [3.8, 4) is 0 Å². The summed E-state index contributed by atoms with van der Waals surface area (Å²) in [5.41, 5.74) is 2.63. The minimum atomic E-state index is -0.764. The zero-order valence-corrected chi connectivity index (χ0v) is 11.8. The Labute approximate surface area is 115 Å². The lowest BCUT2D eigenvalue weighted by Crippen LogP contribution is -2.35. The first-order valence-electron chi connectivity index (χ1n) is 7.11. The van der Waals surface area contributed by atoms with Crippen LogP contribution in [0.1, 0.15) is 50.2 Å². The predicted octanol–water partition coefficient (Wildman–Crippen LogP) is 3.25. The summed E-state index contributed by atoms with van der Waals surface area (Å²) < 4.78 is 0. The first-order valence-corrected chi connectivity index (χ1v) is 7.11. The van der Waals surface area contributed by atoms with Crippen LogP contribution < -0.4 is 0 Å². The average molecular weight is 261 g/mol. The Morgan fingerprint density at radius 2 is 1.95 bits per heavy atom. The number of aliphatic carboxylic acids is 1. The molecule has 19 heavy (non-hydrogen) atoms. The van der Waals surface area contributed by atoms with E-state index >= 15 is 0 Å². The van der Waals surface area contributed by atoms with Crippen molar-refractivity contribution in [3.63, 3.8) is 0 Å². The number of nitrogens with zero attached hydrogens (tertiary/aromatic N) is 1. The van der Waals surface area contributed by atoms with Crippen LogP contribution in [0.15, 0.2) is 24.3 Å². The molecule has 1 fully saturated rings. The highest BCUT2D eigenvalue weighted by molar-refractivity contribution is 5.69. The molecule has 0 radical (unpaired) electrons. The van der Waals surface area contributed by atoms with Crippen molar-refractivity contribution in [2.24, 2.45) is 0 Å². The second-order valence-electron chi connectivity index (χ2n) is 5.76. The van der Waals surface area contributed by atoms with E-state index in [9.17, 15) is 4.79 Å². The summed E-state index contributed by atoms with van der Waals surface area (Å²) >= 11 is 0. The van der Waals surface area contributed by atoms with Gasteiger partial charge in [-0.05, 0) is 43.7 Å². The third kappa shape index (κ3) is 3.80. The molecule has 1 aromatic carbocycles. The molecule has 0 heterocycles. The topological polar surface area (TPSA) is 40.5 Å². The van der Waals surface area contributed by atoms with Crippen LogP contribution in [0, 0.1) is 0 Å². The van der Waals surface area contributed by atoms with Crippen molar-refractivity contribution >= 4 is 5.97 Å². The molecule has 2 rings (SSSR count). The quantitative estimate of drug-likeness (QED) is 0.854. The number of carboxylic acid groups (broad SMARTS) is 1. The Hall–Kier alpha value is -1.35. The summed E-state index contributed by atoms with van der Waals surface area (Å²) in [4.78, 5) is 12.8. The van der Waals surface area contributed by atoms with E-state index in [2.05, 4.69) is 24.3 Å². The Morgan fingerprint density at radius 3 is 2.37 bits per heavy atom. The van der Waals surface area contributed by atoms with Gasteiger partial charge in [0.2, 0.25) is 0 Å². The fourth-order valence-electron chi connectivity index (χ4n) is 2.47. The molecule has 1 N–H and O–H groups in total. The summed E-state index contributed by atoms with van der Waals surface area (Å²) in [5, 5.41) is 8.93. The van der Waals surface area contributed by atoms with Crippen molar-refractivity contribution in [3.05, 3.63) is 35.4 Å². The molecule has 0 bridgehead atoms. The summed E-state index contributed by atoms with van der Waals surface area (Å²) in [6.45, 7) is 4.87. The van der Waals surface area contributed by atoms with Crippen molar-refractivity contribution in [2.45, 2.75) is 51.6 Å². The smallest absolute Gasteiger partial charge is 0.317 e. The monoisotopic (exact) mass is 261 g/mol. The molecule has 0 atom stereocenters. The van der Waals surface area contributed by atoms with Crippen LogP contribution in [0.4, 0.5) is 0 Å². The van der Waals surface area contributed by atoms with Crippen molar-refractivity contribution in [1.29, 1.82) is 0 Å². The number of hydrogen-bond donors (Lipinski definition) is 1. The number of rotatable bonds is 6. The molecule has 0 aromatic heterocycles. The lowest BCUT2D eigenvalue weighted by atomic mass is 9.80. The molecule has 0 amide bonds. The van der Waals surface area contributed by atoms with Crippen LogP contribution >= 0.6 is 0 Å². The highest BCUT2D eigenvalue weighted by Gasteiger charge is 2.19. The molecule has 0 saturated heterocycles. The van der Waals surface area contributed by atoms with Crippen LogP contribution in [0.2, 0.25) is 0 Å². The summed E-state index contributed by atoms with van der Waals surface area (Å²) in [6.07, 6.45) is 3.99. The molecule has 1 saturated carbocycles. The van der Waals surface area contributed by atoms with Gasteiger partial charge in [-0.2, -0.15) is 0 Å². The molecule has 1 aliphatic carbocycles. The Kier molecular flexibility index (Phi) is 4.59. The maximum atomic E-state index is 10.9. The fourth-order valence-corrected chi connectivity index (χ4v) is 2.47. The molecule has 3 heteroatoms. The van der Waals surface area contributed by atoms with E-state index in [4.69, 9.17) is 5.11 Å². The van der Waals surface area contributed by atoms with E-state index < -0.39 is 5.97 Å². The highest BCUT2D eigenvalue weighted by Crippen LogP contribution is 2.36. The number of carboxylic acids is 1. The third-order valence-electron chi connectivity index (χ3n) is 4.01. The molecule has 0 spiro atoms. The second kappa shape index (κ2) is 6.20. The zero-order chi connectivity index (χ0) is 13.8. The van der Waals surface area contributed by atoms with Gasteiger partial charge in [-0.15, -0.1) is 0 Å². The maximum Gasteiger partial charge on any atom is 0.317 e. The maximum absolute atomic E-state index is 10.9. The van der Waals surface area contributed by atoms with Crippen LogP contribution in [-0.4, -0.2) is 28.6 Å². The van der Waals surface area contributed by atoms with E-state index in [1.807, 2.05) is 18.7 Å². The third-order valence-corrected chi connectivity index (χ3v) is 4.01. The normalized spacial score (nSPS) is 15.8. The largest absolute Gasteiger partial charge is 0.480 e. The van der Waals surface area contributed by atoms with Crippen molar-refractivity contribution in [2.75, 3.05) is 6.54 Å². The highest BCUT2D eigenvalue weighted by atomic mass is 16.4. The van der Waals surface area contributed by atoms with Gasteiger partial charge in [0, 0.05) is 12.6 Å². The molecule has 104 valence electrons. The summed E-state index contributed by atoms with van der Waals surface area (Å²) in [6, 6.07) is 8.94. The van der Waals surface area contributed by atoms with Gasteiger partial charge in [-0.3, -0.25) is 9.69 Å². The first kappa shape index (κ1) is 14.1. The van der Waals surface area contributed by atoms with Gasteiger partial charge in [-0.1, -0.05) is 30.7 Å². The molecule has 1 aromatic rings.